The average Bonchev–Trinajstić information content (AvgIpc) is 2.42. The number of fused-ring (bicyclic) bond motifs is 1. The number of benzene rings is 1. The maximum Gasteiger partial charge on any atom is 0.270 e. The Morgan fingerprint density at radius 2 is 2.11 bits per heavy atom. The second-order valence-corrected chi connectivity index (χ2v) is 4.66. The van der Waals surface area contributed by atoms with Crippen molar-refractivity contribution in [2.45, 2.75) is 26.7 Å². The number of hydrogen-bond acceptors (Lipinski definition) is 3. The number of carbonyl (C=O) groups is 1. The second kappa shape index (κ2) is 5.69. The molecule has 0 aliphatic carbocycles. The number of nitrogens with two attached hydrogens (primary N) is 1. The Morgan fingerprint density at radius 3 is 2.84 bits per heavy atom. The van der Waals surface area contributed by atoms with Gasteiger partial charge in [-0.25, -0.2) is 0 Å². The molecule has 4 heteroatoms. The summed E-state index contributed by atoms with van der Waals surface area (Å²) in [5.74, 6) is -0.137. The van der Waals surface area contributed by atoms with Gasteiger partial charge in [0.1, 0.15) is 5.69 Å². The molecule has 0 atom stereocenters. The van der Waals surface area contributed by atoms with Gasteiger partial charge in [-0.15, -0.1) is 0 Å². The number of hydrogen-bond donors (Lipinski definition) is 2. The van der Waals surface area contributed by atoms with E-state index in [1.807, 2.05) is 25.1 Å². The van der Waals surface area contributed by atoms with Crippen molar-refractivity contribution in [3.05, 3.63) is 35.7 Å². The van der Waals surface area contributed by atoms with Gasteiger partial charge in [0, 0.05) is 29.2 Å². The standard InChI is InChI=1S/C15H19N3O/c1-3-4-8-18-15(19)14-12-6-5-10(2)13(16)11(12)7-9-17-14/h5-7,9H,3-4,8,16H2,1-2H3,(H,18,19). The molecule has 2 rings (SSSR count). The highest BCUT2D eigenvalue weighted by molar-refractivity contribution is 6.08. The van der Waals surface area contributed by atoms with Crippen LogP contribution in [-0.4, -0.2) is 17.4 Å². The molecule has 0 radical (unpaired) electrons. The van der Waals surface area contributed by atoms with Gasteiger partial charge in [-0.3, -0.25) is 9.78 Å². The van der Waals surface area contributed by atoms with Crippen molar-refractivity contribution in [2.75, 3.05) is 12.3 Å². The summed E-state index contributed by atoms with van der Waals surface area (Å²) in [6, 6.07) is 5.67. The highest BCUT2D eigenvalue weighted by atomic mass is 16.1. The molecule has 1 aromatic heterocycles. The van der Waals surface area contributed by atoms with Crippen molar-refractivity contribution in [3.63, 3.8) is 0 Å². The maximum absolute atomic E-state index is 12.1. The molecular weight excluding hydrogens is 238 g/mol. The number of aromatic nitrogens is 1. The molecule has 4 nitrogen and oxygen atoms in total. The molecule has 1 heterocycles. The van der Waals surface area contributed by atoms with E-state index < -0.39 is 0 Å². The highest BCUT2D eigenvalue weighted by Gasteiger charge is 2.12. The van der Waals surface area contributed by atoms with Gasteiger partial charge in [-0.2, -0.15) is 0 Å². The molecular formula is C15H19N3O. The van der Waals surface area contributed by atoms with Gasteiger partial charge in [-0.05, 0) is 25.0 Å². The normalized spacial score (nSPS) is 10.6. The summed E-state index contributed by atoms with van der Waals surface area (Å²) in [6.07, 6.45) is 3.65. The van der Waals surface area contributed by atoms with E-state index in [1.54, 1.807) is 6.20 Å². The molecule has 100 valence electrons. The fourth-order valence-corrected chi connectivity index (χ4v) is 2.03. The Hall–Kier alpha value is -2.10. The van der Waals surface area contributed by atoms with Crippen LogP contribution in [0.2, 0.25) is 0 Å². The molecule has 0 aliphatic heterocycles. The molecule has 0 aliphatic rings. The molecule has 19 heavy (non-hydrogen) atoms. The zero-order valence-corrected chi connectivity index (χ0v) is 11.4. The van der Waals surface area contributed by atoms with Crippen molar-refractivity contribution >= 4 is 22.4 Å². The third kappa shape index (κ3) is 2.67. The van der Waals surface area contributed by atoms with Crippen molar-refractivity contribution in [3.8, 4) is 0 Å². The molecule has 0 spiro atoms. The minimum absolute atomic E-state index is 0.137. The molecule has 1 aromatic carbocycles. The van der Waals surface area contributed by atoms with E-state index in [4.69, 9.17) is 5.73 Å². The van der Waals surface area contributed by atoms with Crippen molar-refractivity contribution in [1.82, 2.24) is 10.3 Å². The number of carbonyl (C=O) groups excluding carboxylic acids is 1. The minimum Gasteiger partial charge on any atom is -0.398 e. The molecule has 1 amide bonds. The van der Waals surface area contributed by atoms with E-state index in [2.05, 4.69) is 17.2 Å². The van der Waals surface area contributed by atoms with Crippen molar-refractivity contribution < 1.29 is 4.79 Å². The minimum atomic E-state index is -0.137. The van der Waals surface area contributed by atoms with Crippen LogP contribution in [-0.2, 0) is 0 Å². The van der Waals surface area contributed by atoms with E-state index in [-0.39, 0.29) is 5.91 Å². The molecule has 0 unspecified atom stereocenters. The molecule has 0 saturated heterocycles. The van der Waals surface area contributed by atoms with Gasteiger partial charge >= 0.3 is 0 Å². The summed E-state index contributed by atoms with van der Waals surface area (Å²) in [5, 5.41) is 4.57. The van der Waals surface area contributed by atoms with Crippen LogP contribution in [0.4, 0.5) is 5.69 Å². The number of nitrogens with zero attached hydrogens (tertiary/aromatic N) is 1. The molecule has 3 N–H and O–H groups in total. The van der Waals surface area contributed by atoms with E-state index in [0.717, 1.165) is 29.2 Å². The number of pyridine rings is 1. The lowest BCUT2D eigenvalue weighted by atomic mass is 10.0. The molecule has 2 aromatic rings. The van der Waals surface area contributed by atoms with Gasteiger partial charge < -0.3 is 11.1 Å². The first-order valence-electron chi connectivity index (χ1n) is 6.57. The lowest BCUT2D eigenvalue weighted by molar-refractivity contribution is 0.0950. The molecule has 0 fully saturated rings. The topological polar surface area (TPSA) is 68.0 Å². The van der Waals surface area contributed by atoms with Crippen molar-refractivity contribution in [1.29, 1.82) is 0 Å². The van der Waals surface area contributed by atoms with Gasteiger partial charge in [0.2, 0.25) is 0 Å². The third-order valence-electron chi connectivity index (χ3n) is 3.24. The van der Waals surface area contributed by atoms with E-state index in [9.17, 15) is 4.79 Å². The van der Waals surface area contributed by atoms with Gasteiger partial charge in [-0.1, -0.05) is 25.5 Å². The van der Waals surface area contributed by atoms with E-state index in [0.29, 0.717) is 17.9 Å². The van der Waals surface area contributed by atoms with Crippen LogP contribution in [0.1, 0.15) is 35.8 Å². The Kier molecular flexibility index (Phi) is 4.00. The van der Waals surface area contributed by atoms with Crippen LogP contribution >= 0.6 is 0 Å². The summed E-state index contributed by atoms with van der Waals surface area (Å²) in [7, 11) is 0. The Balaban J connectivity index is 2.39. The number of anilines is 1. The van der Waals surface area contributed by atoms with Crippen LogP contribution in [0.25, 0.3) is 10.8 Å². The van der Waals surface area contributed by atoms with E-state index in [1.165, 1.54) is 0 Å². The smallest absolute Gasteiger partial charge is 0.270 e. The summed E-state index contributed by atoms with van der Waals surface area (Å²) in [6.45, 7) is 4.72. The number of unbranched alkanes of at least 4 members (excludes halogenated alkanes) is 1. The Morgan fingerprint density at radius 1 is 1.32 bits per heavy atom. The summed E-state index contributed by atoms with van der Waals surface area (Å²) < 4.78 is 0. The Labute approximate surface area is 113 Å². The average molecular weight is 257 g/mol. The first-order chi connectivity index (χ1) is 9.15. The fraction of sp³-hybridized carbons (Fsp3) is 0.333. The Bertz CT molecular complexity index is 608. The monoisotopic (exact) mass is 257 g/mol. The predicted molar refractivity (Wildman–Crippen MR) is 78.1 cm³/mol. The highest BCUT2D eigenvalue weighted by Crippen LogP contribution is 2.25. The van der Waals surface area contributed by atoms with Crippen LogP contribution in [0.3, 0.4) is 0 Å². The van der Waals surface area contributed by atoms with E-state index >= 15 is 0 Å². The van der Waals surface area contributed by atoms with Crippen LogP contribution < -0.4 is 11.1 Å². The summed E-state index contributed by atoms with van der Waals surface area (Å²) >= 11 is 0. The number of nitrogen functional groups attached to an aromatic ring is 1. The van der Waals surface area contributed by atoms with Gasteiger partial charge in [0.25, 0.3) is 5.91 Å². The first kappa shape index (κ1) is 13.3. The quantitative estimate of drug-likeness (QED) is 0.653. The maximum atomic E-state index is 12.1. The summed E-state index contributed by atoms with van der Waals surface area (Å²) in [4.78, 5) is 16.3. The first-order valence-corrected chi connectivity index (χ1v) is 6.57. The SMILES string of the molecule is CCCCNC(=O)c1nccc2c(N)c(C)ccc12. The molecule has 0 bridgehead atoms. The number of aryl methyl sites for hydroxylation is 1. The lowest BCUT2D eigenvalue weighted by Gasteiger charge is -2.09. The largest absolute Gasteiger partial charge is 0.398 e. The van der Waals surface area contributed by atoms with Crippen LogP contribution in [0, 0.1) is 6.92 Å². The zero-order chi connectivity index (χ0) is 13.8. The van der Waals surface area contributed by atoms with Gasteiger partial charge in [0.05, 0.1) is 0 Å². The second-order valence-electron chi connectivity index (χ2n) is 4.66. The third-order valence-corrected chi connectivity index (χ3v) is 3.24. The zero-order valence-electron chi connectivity index (χ0n) is 11.4. The number of amides is 1. The van der Waals surface area contributed by atoms with Crippen molar-refractivity contribution in [2.24, 2.45) is 0 Å². The van der Waals surface area contributed by atoms with Gasteiger partial charge in [0.15, 0.2) is 0 Å². The number of rotatable bonds is 4. The lowest BCUT2D eigenvalue weighted by Crippen LogP contribution is -2.25. The fourth-order valence-electron chi connectivity index (χ4n) is 2.03. The number of nitrogens with one attached hydrogen (secondary N) is 1. The predicted octanol–water partition coefficient (Wildman–Crippen LogP) is 2.66. The molecule has 0 saturated carbocycles. The summed E-state index contributed by atoms with van der Waals surface area (Å²) in [5.41, 5.74) is 8.22. The van der Waals surface area contributed by atoms with Crippen LogP contribution in [0.15, 0.2) is 24.4 Å². The van der Waals surface area contributed by atoms with Crippen LogP contribution in [0.5, 0.6) is 0 Å².